The molecule has 4 rings (SSSR count). The van der Waals surface area contributed by atoms with Gasteiger partial charge in [0, 0.05) is 36.1 Å². The molecule has 3 aromatic rings. The SMILES string of the molecule is O=C(NC[C@@H]1CCCO1)c1nnn(-c2ccc(Cl)cc2)c1-c1cccnc1. The number of benzene rings is 1. The fourth-order valence-corrected chi connectivity index (χ4v) is 3.18. The van der Waals surface area contributed by atoms with E-state index in [1.54, 1.807) is 29.2 Å². The van der Waals surface area contributed by atoms with Gasteiger partial charge in [0.05, 0.1) is 11.8 Å². The molecule has 0 unspecified atom stereocenters. The lowest BCUT2D eigenvalue weighted by atomic mass is 10.1. The third-order valence-corrected chi connectivity index (χ3v) is 4.66. The molecule has 1 amide bonds. The zero-order chi connectivity index (χ0) is 18.6. The quantitative estimate of drug-likeness (QED) is 0.732. The van der Waals surface area contributed by atoms with Gasteiger partial charge >= 0.3 is 0 Å². The molecule has 0 bridgehead atoms. The summed E-state index contributed by atoms with van der Waals surface area (Å²) >= 11 is 5.98. The fraction of sp³-hybridized carbons (Fsp3) is 0.263. The Balaban J connectivity index is 1.68. The van der Waals surface area contributed by atoms with E-state index in [1.165, 1.54) is 0 Å². The number of ether oxygens (including phenoxy) is 1. The van der Waals surface area contributed by atoms with Gasteiger partial charge in [-0.05, 0) is 49.2 Å². The van der Waals surface area contributed by atoms with Crippen molar-refractivity contribution in [2.75, 3.05) is 13.2 Å². The van der Waals surface area contributed by atoms with Crippen molar-refractivity contribution in [1.82, 2.24) is 25.3 Å². The third kappa shape index (κ3) is 3.84. The van der Waals surface area contributed by atoms with Crippen LogP contribution in [0.2, 0.25) is 5.02 Å². The van der Waals surface area contributed by atoms with Gasteiger partial charge in [0.25, 0.3) is 5.91 Å². The monoisotopic (exact) mass is 383 g/mol. The van der Waals surface area contributed by atoms with Crippen LogP contribution < -0.4 is 5.32 Å². The second-order valence-corrected chi connectivity index (χ2v) is 6.70. The number of carbonyl (C=O) groups is 1. The van der Waals surface area contributed by atoms with Gasteiger partial charge in [0.2, 0.25) is 0 Å². The first-order valence-corrected chi connectivity index (χ1v) is 9.12. The number of amides is 1. The standard InChI is InChI=1S/C19H18ClN5O2/c20-14-5-7-15(8-6-14)25-18(13-3-1-9-21-11-13)17(23-24-25)19(26)22-12-16-4-2-10-27-16/h1,3,5-9,11,16H,2,4,10,12H2,(H,22,26)/t16-/m0/s1. The predicted octanol–water partition coefficient (Wildman–Crippen LogP) is 2.89. The Bertz CT molecular complexity index is 921. The summed E-state index contributed by atoms with van der Waals surface area (Å²) in [6, 6.07) is 10.9. The first-order chi connectivity index (χ1) is 13.2. The molecule has 1 N–H and O–H groups in total. The zero-order valence-electron chi connectivity index (χ0n) is 14.5. The van der Waals surface area contributed by atoms with Crippen molar-refractivity contribution in [3.8, 4) is 16.9 Å². The van der Waals surface area contributed by atoms with E-state index in [1.807, 2.05) is 24.3 Å². The number of halogens is 1. The summed E-state index contributed by atoms with van der Waals surface area (Å²) in [5.74, 6) is -0.287. The van der Waals surface area contributed by atoms with Gasteiger partial charge in [-0.15, -0.1) is 5.10 Å². The summed E-state index contributed by atoms with van der Waals surface area (Å²) in [5, 5.41) is 11.9. The van der Waals surface area contributed by atoms with E-state index < -0.39 is 0 Å². The molecular weight excluding hydrogens is 366 g/mol. The van der Waals surface area contributed by atoms with Crippen LogP contribution in [0.1, 0.15) is 23.3 Å². The number of nitrogens with zero attached hydrogens (tertiary/aromatic N) is 4. The molecule has 3 heterocycles. The third-order valence-electron chi connectivity index (χ3n) is 4.41. The first-order valence-electron chi connectivity index (χ1n) is 8.74. The summed E-state index contributed by atoms with van der Waals surface area (Å²) < 4.78 is 7.18. The number of nitrogens with one attached hydrogen (secondary N) is 1. The number of pyridine rings is 1. The Morgan fingerprint density at radius 3 is 2.85 bits per heavy atom. The van der Waals surface area contributed by atoms with Gasteiger partial charge in [0.15, 0.2) is 5.69 Å². The minimum Gasteiger partial charge on any atom is -0.376 e. The van der Waals surface area contributed by atoms with Crippen LogP contribution >= 0.6 is 11.6 Å². The Labute approximate surface area is 161 Å². The molecule has 138 valence electrons. The summed E-state index contributed by atoms with van der Waals surface area (Å²) in [7, 11) is 0. The lowest BCUT2D eigenvalue weighted by Gasteiger charge is -2.11. The molecule has 1 atom stereocenters. The first kappa shape index (κ1) is 17.6. The smallest absolute Gasteiger partial charge is 0.274 e. The van der Waals surface area contributed by atoms with Crippen LogP contribution in [-0.2, 0) is 4.74 Å². The van der Waals surface area contributed by atoms with Gasteiger partial charge in [-0.25, -0.2) is 4.68 Å². The molecule has 1 aromatic carbocycles. The van der Waals surface area contributed by atoms with E-state index in [9.17, 15) is 4.79 Å². The van der Waals surface area contributed by atoms with Gasteiger partial charge in [-0.2, -0.15) is 0 Å². The molecule has 0 aliphatic carbocycles. The van der Waals surface area contributed by atoms with Crippen molar-refractivity contribution in [1.29, 1.82) is 0 Å². The second kappa shape index (κ2) is 7.85. The Hall–Kier alpha value is -2.77. The number of aromatic nitrogens is 4. The maximum absolute atomic E-state index is 12.8. The minimum atomic E-state index is -0.287. The van der Waals surface area contributed by atoms with Crippen LogP contribution in [0.15, 0.2) is 48.8 Å². The van der Waals surface area contributed by atoms with Crippen LogP contribution in [0.25, 0.3) is 16.9 Å². The average molecular weight is 384 g/mol. The normalized spacial score (nSPS) is 16.4. The molecule has 1 saturated heterocycles. The Kier molecular flexibility index (Phi) is 5.13. The molecule has 1 fully saturated rings. The number of rotatable bonds is 5. The summed E-state index contributed by atoms with van der Waals surface area (Å²) in [6.45, 7) is 1.20. The topological polar surface area (TPSA) is 81.9 Å². The second-order valence-electron chi connectivity index (χ2n) is 6.26. The van der Waals surface area contributed by atoms with Gasteiger partial charge < -0.3 is 10.1 Å². The van der Waals surface area contributed by atoms with Crippen LogP contribution in [0.3, 0.4) is 0 Å². The molecule has 0 spiro atoms. The molecule has 27 heavy (non-hydrogen) atoms. The molecule has 7 nitrogen and oxygen atoms in total. The maximum atomic E-state index is 12.8. The lowest BCUT2D eigenvalue weighted by Crippen LogP contribution is -2.32. The summed E-state index contributed by atoms with van der Waals surface area (Å²) in [5.41, 5.74) is 2.33. The van der Waals surface area contributed by atoms with Crippen molar-refractivity contribution in [2.24, 2.45) is 0 Å². The van der Waals surface area contributed by atoms with Crippen molar-refractivity contribution in [3.05, 3.63) is 59.5 Å². The highest BCUT2D eigenvalue weighted by atomic mass is 35.5. The van der Waals surface area contributed by atoms with Crippen molar-refractivity contribution in [3.63, 3.8) is 0 Å². The van der Waals surface area contributed by atoms with E-state index >= 15 is 0 Å². The van der Waals surface area contributed by atoms with E-state index in [-0.39, 0.29) is 17.7 Å². The van der Waals surface area contributed by atoms with E-state index in [0.717, 1.165) is 30.7 Å². The zero-order valence-corrected chi connectivity index (χ0v) is 15.3. The molecule has 0 radical (unpaired) electrons. The molecule has 1 aliphatic rings. The Morgan fingerprint density at radius 2 is 2.15 bits per heavy atom. The van der Waals surface area contributed by atoms with E-state index in [0.29, 0.717) is 17.3 Å². The fourth-order valence-electron chi connectivity index (χ4n) is 3.06. The van der Waals surface area contributed by atoms with Gasteiger partial charge in [-0.3, -0.25) is 9.78 Å². The highest BCUT2D eigenvalue weighted by molar-refractivity contribution is 6.30. The van der Waals surface area contributed by atoms with E-state index in [4.69, 9.17) is 16.3 Å². The Morgan fingerprint density at radius 1 is 1.30 bits per heavy atom. The van der Waals surface area contributed by atoms with Crippen LogP contribution in [0, 0.1) is 0 Å². The number of hydrogen-bond acceptors (Lipinski definition) is 5. The highest BCUT2D eigenvalue weighted by Crippen LogP contribution is 2.25. The predicted molar refractivity (Wildman–Crippen MR) is 101 cm³/mol. The highest BCUT2D eigenvalue weighted by Gasteiger charge is 2.24. The van der Waals surface area contributed by atoms with E-state index in [2.05, 4.69) is 20.6 Å². The summed E-state index contributed by atoms with van der Waals surface area (Å²) in [6.07, 6.45) is 5.39. The number of hydrogen-bond donors (Lipinski definition) is 1. The van der Waals surface area contributed by atoms with Crippen molar-refractivity contribution >= 4 is 17.5 Å². The number of carbonyl (C=O) groups excluding carboxylic acids is 1. The molecule has 2 aromatic heterocycles. The average Bonchev–Trinajstić information content (AvgIpc) is 3.37. The van der Waals surface area contributed by atoms with Gasteiger partial charge in [0.1, 0.15) is 5.69 Å². The molecular formula is C19H18ClN5O2. The molecule has 8 heteroatoms. The lowest BCUT2D eigenvalue weighted by molar-refractivity contribution is 0.0854. The molecule has 0 saturated carbocycles. The van der Waals surface area contributed by atoms with Crippen LogP contribution in [0.4, 0.5) is 0 Å². The summed E-state index contributed by atoms with van der Waals surface area (Å²) in [4.78, 5) is 16.9. The van der Waals surface area contributed by atoms with Crippen LogP contribution in [0.5, 0.6) is 0 Å². The maximum Gasteiger partial charge on any atom is 0.274 e. The van der Waals surface area contributed by atoms with Crippen molar-refractivity contribution in [2.45, 2.75) is 18.9 Å². The van der Waals surface area contributed by atoms with Gasteiger partial charge in [-0.1, -0.05) is 16.8 Å². The van der Waals surface area contributed by atoms with Crippen LogP contribution in [-0.4, -0.2) is 45.1 Å². The minimum absolute atomic E-state index is 0.0575. The van der Waals surface area contributed by atoms with Crippen molar-refractivity contribution < 1.29 is 9.53 Å². The molecule has 1 aliphatic heterocycles. The largest absolute Gasteiger partial charge is 0.376 e.